The Morgan fingerprint density at radius 3 is 1.40 bits per heavy atom. The molecule has 0 aliphatic heterocycles. The van der Waals surface area contributed by atoms with Crippen LogP contribution in [0.1, 0.15) is 116 Å². The molecule has 25 heavy (non-hydrogen) atoms. The first-order valence-electron chi connectivity index (χ1n) is 10.6. The molecule has 0 rings (SSSR count). The van der Waals surface area contributed by atoms with Crippen LogP contribution in [0.15, 0.2) is 0 Å². The molecular weight excluding hydrogens is 314 g/mol. The van der Waals surface area contributed by atoms with Crippen LogP contribution in [0.3, 0.4) is 0 Å². The fourth-order valence-corrected chi connectivity index (χ4v) is 3.32. The topological polar surface area (TPSA) is 80.4 Å². The Balaban J connectivity index is 3.28. The van der Waals surface area contributed by atoms with E-state index in [1.54, 1.807) is 0 Å². The number of unbranched alkanes of at least 4 members (excludes halogenated alkanes) is 14. The maximum Gasteiger partial charge on any atom is 0.304 e. The third-order valence-corrected chi connectivity index (χ3v) is 4.98. The molecule has 0 fully saturated rings. The van der Waals surface area contributed by atoms with Gasteiger partial charge in [0.2, 0.25) is 5.91 Å². The first-order chi connectivity index (χ1) is 12.1. The zero-order valence-corrected chi connectivity index (χ0v) is 16.4. The largest absolute Gasteiger partial charge is 0.481 e. The van der Waals surface area contributed by atoms with E-state index < -0.39 is 17.8 Å². The Bertz CT molecular complexity index is 331. The number of carbonyl (C=O) groups excluding carboxylic acids is 1. The minimum Gasteiger partial charge on any atom is -0.481 e. The lowest BCUT2D eigenvalue weighted by Gasteiger charge is -2.10. The first kappa shape index (κ1) is 23.9. The minimum absolute atomic E-state index is 0.131. The number of carbonyl (C=O) groups is 2. The Kier molecular flexibility index (Phi) is 17.0. The Morgan fingerprint density at radius 2 is 1.08 bits per heavy atom. The number of amides is 1. The van der Waals surface area contributed by atoms with Crippen molar-refractivity contribution in [3.8, 4) is 0 Å². The Hall–Kier alpha value is -1.06. The standard InChI is InChI=1S/C21H41NO3/c1-2-3-4-5-6-7-8-9-10-11-12-13-14-15-16-17-19(21(22)25)18-20(23)24/h19H,2-18H2,1H3,(H2,22,25)(H,23,24). The van der Waals surface area contributed by atoms with Crippen LogP contribution in [-0.2, 0) is 9.59 Å². The number of rotatable bonds is 19. The van der Waals surface area contributed by atoms with Crippen LogP contribution < -0.4 is 5.73 Å². The van der Waals surface area contributed by atoms with Crippen LogP contribution >= 0.6 is 0 Å². The van der Waals surface area contributed by atoms with E-state index in [2.05, 4.69) is 6.92 Å². The lowest BCUT2D eigenvalue weighted by molar-refractivity contribution is -0.140. The van der Waals surface area contributed by atoms with Gasteiger partial charge in [-0.3, -0.25) is 9.59 Å². The summed E-state index contributed by atoms with van der Waals surface area (Å²) in [6.45, 7) is 2.26. The quantitative estimate of drug-likeness (QED) is 0.286. The third-order valence-electron chi connectivity index (χ3n) is 4.98. The van der Waals surface area contributed by atoms with Gasteiger partial charge in [-0.05, 0) is 6.42 Å². The molecule has 0 radical (unpaired) electrons. The average molecular weight is 356 g/mol. The summed E-state index contributed by atoms with van der Waals surface area (Å²) in [7, 11) is 0. The minimum atomic E-state index is -0.940. The SMILES string of the molecule is CCCCCCCCCCCCCCCCCC(CC(=O)O)C(N)=O. The van der Waals surface area contributed by atoms with E-state index in [4.69, 9.17) is 10.8 Å². The van der Waals surface area contributed by atoms with Gasteiger partial charge in [0.25, 0.3) is 0 Å². The molecule has 148 valence electrons. The molecule has 4 nitrogen and oxygen atoms in total. The predicted octanol–water partition coefficient (Wildman–Crippen LogP) is 5.82. The fourth-order valence-electron chi connectivity index (χ4n) is 3.32. The second-order valence-corrected chi connectivity index (χ2v) is 7.44. The van der Waals surface area contributed by atoms with E-state index in [1.807, 2.05) is 0 Å². The van der Waals surface area contributed by atoms with Crippen LogP contribution in [0, 0.1) is 5.92 Å². The molecule has 0 saturated carbocycles. The zero-order valence-electron chi connectivity index (χ0n) is 16.4. The van der Waals surface area contributed by atoms with Crippen LogP contribution in [0.25, 0.3) is 0 Å². The van der Waals surface area contributed by atoms with Crippen molar-refractivity contribution in [1.82, 2.24) is 0 Å². The second kappa shape index (κ2) is 17.8. The van der Waals surface area contributed by atoms with E-state index in [-0.39, 0.29) is 6.42 Å². The van der Waals surface area contributed by atoms with Crippen molar-refractivity contribution in [3.05, 3.63) is 0 Å². The van der Waals surface area contributed by atoms with Crippen molar-refractivity contribution in [1.29, 1.82) is 0 Å². The van der Waals surface area contributed by atoms with Gasteiger partial charge in [0.15, 0.2) is 0 Å². The highest BCUT2D eigenvalue weighted by Gasteiger charge is 2.18. The Morgan fingerprint density at radius 1 is 0.720 bits per heavy atom. The van der Waals surface area contributed by atoms with E-state index in [1.165, 1.54) is 83.5 Å². The summed E-state index contributed by atoms with van der Waals surface area (Å²) in [5.74, 6) is -1.92. The fraction of sp³-hybridized carbons (Fsp3) is 0.905. The molecule has 1 unspecified atom stereocenters. The van der Waals surface area contributed by atoms with Crippen molar-refractivity contribution in [2.45, 2.75) is 116 Å². The number of hydrogen-bond acceptors (Lipinski definition) is 2. The molecule has 1 amide bonds. The van der Waals surface area contributed by atoms with Gasteiger partial charge in [-0.1, -0.05) is 103 Å². The molecule has 0 bridgehead atoms. The predicted molar refractivity (Wildman–Crippen MR) is 104 cm³/mol. The van der Waals surface area contributed by atoms with Crippen molar-refractivity contribution in [3.63, 3.8) is 0 Å². The summed E-state index contributed by atoms with van der Waals surface area (Å²) >= 11 is 0. The number of carboxylic acids is 1. The third kappa shape index (κ3) is 17.6. The van der Waals surface area contributed by atoms with E-state index in [0.29, 0.717) is 6.42 Å². The molecule has 0 aromatic carbocycles. The number of nitrogens with two attached hydrogens (primary N) is 1. The molecule has 0 aliphatic rings. The van der Waals surface area contributed by atoms with Gasteiger partial charge >= 0.3 is 5.97 Å². The lowest BCUT2D eigenvalue weighted by Crippen LogP contribution is -2.25. The molecule has 0 heterocycles. The maximum atomic E-state index is 11.2. The van der Waals surface area contributed by atoms with Crippen LogP contribution in [0.5, 0.6) is 0 Å². The average Bonchev–Trinajstić information content (AvgIpc) is 2.56. The normalized spacial score (nSPS) is 12.2. The summed E-state index contributed by atoms with van der Waals surface area (Å²) in [4.78, 5) is 21.8. The molecule has 0 aromatic heterocycles. The van der Waals surface area contributed by atoms with Gasteiger partial charge in [0, 0.05) is 5.92 Å². The van der Waals surface area contributed by atoms with Gasteiger partial charge in [-0.25, -0.2) is 0 Å². The molecule has 4 heteroatoms. The number of primary amides is 1. The smallest absolute Gasteiger partial charge is 0.304 e. The lowest BCUT2D eigenvalue weighted by atomic mass is 9.96. The number of aliphatic carboxylic acids is 1. The summed E-state index contributed by atoms with van der Waals surface area (Å²) in [5, 5.41) is 8.75. The zero-order chi connectivity index (χ0) is 18.8. The highest BCUT2D eigenvalue weighted by molar-refractivity contribution is 5.81. The molecule has 0 saturated heterocycles. The summed E-state index contributed by atoms with van der Waals surface area (Å²) in [6.07, 6.45) is 20.0. The summed E-state index contributed by atoms with van der Waals surface area (Å²) in [6, 6.07) is 0. The van der Waals surface area contributed by atoms with Gasteiger partial charge in [0.05, 0.1) is 6.42 Å². The second-order valence-electron chi connectivity index (χ2n) is 7.44. The van der Waals surface area contributed by atoms with Crippen LogP contribution in [0.2, 0.25) is 0 Å². The first-order valence-corrected chi connectivity index (χ1v) is 10.6. The molecular formula is C21H41NO3. The van der Waals surface area contributed by atoms with Crippen molar-refractivity contribution >= 4 is 11.9 Å². The maximum absolute atomic E-state index is 11.2. The summed E-state index contributed by atoms with van der Waals surface area (Å²) in [5.41, 5.74) is 5.24. The molecule has 1 atom stereocenters. The van der Waals surface area contributed by atoms with E-state index in [0.717, 1.165) is 12.8 Å². The van der Waals surface area contributed by atoms with Gasteiger partial charge < -0.3 is 10.8 Å². The summed E-state index contributed by atoms with van der Waals surface area (Å²) < 4.78 is 0. The van der Waals surface area contributed by atoms with Crippen LogP contribution in [0.4, 0.5) is 0 Å². The molecule has 0 aromatic rings. The van der Waals surface area contributed by atoms with E-state index in [9.17, 15) is 9.59 Å². The van der Waals surface area contributed by atoms with Gasteiger partial charge in [0.1, 0.15) is 0 Å². The van der Waals surface area contributed by atoms with E-state index >= 15 is 0 Å². The van der Waals surface area contributed by atoms with Crippen molar-refractivity contribution in [2.75, 3.05) is 0 Å². The monoisotopic (exact) mass is 355 g/mol. The van der Waals surface area contributed by atoms with Gasteiger partial charge in [-0.2, -0.15) is 0 Å². The Labute approximate surface area is 154 Å². The van der Waals surface area contributed by atoms with Crippen molar-refractivity contribution < 1.29 is 14.7 Å². The number of hydrogen-bond donors (Lipinski definition) is 2. The number of carboxylic acid groups (broad SMARTS) is 1. The van der Waals surface area contributed by atoms with Crippen LogP contribution in [-0.4, -0.2) is 17.0 Å². The van der Waals surface area contributed by atoms with Crippen molar-refractivity contribution in [2.24, 2.45) is 11.7 Å². The highest BCUT2D eigenvalue weighted by Crippen LogP contribution is 2.16. The molecule has 0 spiro atoms. The highest BCUT2D eigenvalue weighted by atomic mass is 16.4. The molecule has 0 aliphatic carbocycles. The van der Waals surface area contributed by atoms with Gasteiger partial charge in [-0.15, -0.1) is 0 Å². The molecule has 3 N–H and O–H groups in total.